The Hall–Kier alpha value is -0.750. The van der Waals surface area contributed by atoms with Crippen LogP contribution in [0.1, 0.15) is 26.2 Å². The molecule has 2 rings (SSSR count). The average molecular weight is 285 g/mol. The molecule has 0 aliphatic carbocycles. The predicted molar refractivity (Wildman–Crippen MR) is 78.9 cm³/mol. The number of ether oxygens (including phenoxy) is 1. The monoisotopic (exact) mass is 285 g/mol. The van der Waals surface area contributed by atoms with Crippen molar-refractivity contribution in [1.29, 1.82) is 0 Å². The van der Waals surface area contributed by atoms with E-state index in [1.165, 1.54) is 0 Å². The molecular weight excluding hydrogens is 262 g/mol. The van der Waals surface area contributed by atoms with Gasteiger partial charge in [-0.25, -0.2) is 4.79 Å². The van der Waals surface area contributed by atoms with Crippen molar-refractivity contribution in [3.05, 3.63) is 0 Å². The molecule has 0 radical (unpaired) electrons. The quantitative estimate of drug-likeness (QED) is 0.771. The first kappa shape index (κ1) is 14.7. The predicted octanol–water partition coefficient (Wildman–Crippen LogP) is 1.64. The maximum Gasteiger partial charge on any atom is 0.413 e. The van der Waals surface area contributed by atoms with E-state index in [-0.39, 0.29) is 11.5 Å². The third-order valence-electron chi connectivity index (χ3n) is 3.71. The van der Waals surface area contributed by atoms with E-state index in [4.69, 9.17) is 4.74 Å². The molecule has 1 fully saturated rings. The summed E-state index contributed by atoms with van der Waals surface area (Å²) in [6, 6.07) is 0. The van der Waals surface area contributed by atoms with Crippen LogP contribution in [-0.4, -0.2) is 49.7 Å². The lowest BCUT2D eigenvalue weighted by atomic mass is 9.78. The van der Waals surface area contributed by atoms with E-state index in [1.807, 2.05) is 0 Å². The molecule has 2 aliphatic rings. The van der Waals surface area contributed by atoms with Gasteiger partial charge in [-0.2, -0.15) is 11.8 Å². The molecule has 0 unspecified atom stereocenters. The van der Waals surface area contributed by atoms with E-state index in [9.17, 15) is 4.79 Å². The Bertz CT molecular complexity index is 341. The molecular formula is C13H23N3O2S. The van der Waals surface area contributed by atoms with E-state index in [1.54, 1.807) is 11.8 Å². The van der Waals surface area contributed by atoms with Gasteiger partial charge in [0.15, 0.2) is 5.90 Å². The van der Waals surface area contributed by atoms with Gasteiger partial charge in [0.05, 0.1) is 0 Å². The van der Waals surface area contributed by atoms with Crippen molar-refractivity contribution in [2.75, 3.05) is 37.7 Å². The van der Waals surface area contributed by atoms with Crippen LogP contribution in [0.15, 0.2) is 4.99 Å². The summed E-state index contributed by atoms with van der Waals surface area (Å²) < 4.78 is 5.29. The van der Waals surface area contributed by atoms with Gasteiger partial charge < -0.3 is 15.4 Å². The van der Waals surface area contributed by atoms with Gasteiger partial charge in [-0.1, -0.05) is 6.92 Å². The van der Waals surface area contributed by atoms with Crippen LogP contribution < -0.4 is 10.6 Å². The molecule has 5 nitrogen and oxygen atoms in total. The lowest BCUT2D eigenvalue weighted by molar-refractivity contribution is 0.192. The molecule has 0 saturated carbocycles. The zero-order valence-electron chi connectivity index (χ0n) is 11.5. The number of aliphatic imine (C=N–C) groups is 1. The molecule has 2 heterocycles. The number of carbonyl (C=O) groups is 1. The molecule has 0 aromatic rings. The van der Waals surface area contributed by atoms with Gasteiger partial charge in [0.1, 0.15) is 0 Å². The van der Waals surface area contributed by atoms with Gasteiger partial charge in [-0.15, -0.1) is 0 Å². The van der Waals surface area contributed by atoms with Crippen molar-refractivity contribution in [1.82, 2.24) is 10.6 Å². The molecule has 108 valence electrons. The summed E-state index contributed by atoms with van der Waals surface area (Å²) in [6.45, 7) is 5.66. The molecule has 1 spiro atoms. The first-order chi connectivity index (χ1) is 9.24. The van der Waals surface area contributed by atoms with Crippen molar-refractivity contribution in [3.8, 4) is 0 Å². The van der Waals surface area contributed by atoms with E-state index in [0.717, 1.165) is 50.4 Å². The summed E-state index contributed by atoms with van der Waals surface area (Å²) >= 11 is 1.80. The lowest BCUT2D eigenvalue weighted by Crippen LogP contribution is -2.38. The second-order valence-electron chi connectivity index (χ2n) is 5.15. The second-order valence-corrected chi connectivity index (χ2v) is 6.54. The Kier molecular flexibility index (Phi) is 5.51. The number of piperidine rings is 1. The van der Waals surface area contributed by atoms with Gasteiger partial charge in [-0.3, -0.25) is 4.99 Å². The smallest absolute Gasteiger partial charge is 0.396 e. The van der Waals surface area contributed by atoms with Crippen LogP contribution in [0.5, 0.6) is 0 Å². The van der Waals surface area contributed by atoms with Crippen LogP contribution in [0.4, 0.5) is 4.79 Å². The number of carbonyl (C=O) groups excluding carboxylic acids is 1. The molecule has 2 aliphatic heterocycles. The second kappa shape index (κ2) is 7.14. The molecule has 19 heavy (non-hydrogen) atoms. The van der Waals surface area contributed by atoms with Crippen LogP contribution in [0.2, 0.25) is 0 Å². The average Bonchev–Trinajstić information content (AvgIpc) is 2.78. The van der Waals surface area contributed by atoms with Crippen molar-refractivity contribution in [3.63, 3.8) is 0 Å². The van der Waals surface area contributed by atoms with E-state index < -0.39 is 0 Å². The van der Waals surface area contributed by atoms with Crippen LogP contribution in [-0.2, 0) is 4.74 Å². The highest BCUT2D eigenvalue weighted by Gasteiger charge is 2.38. The molecule has 6 heteroatoms. The zero-order chi connectivity index (χ0) is 13.6. The fourth-order valence-corrected chi connectivity index (χ4v) is 3.10. The minimum Gasteiger partial charge on any atom is -0.396 e. The fraction of sp³-hybridized carbons (Fsp3) is 0.846. The SMILES string of the molecule is CCSCCNC(=O)OC1=NCC2(CCNCC2)C1. The molecule has 0 aromatic carbocycles. The molecule has 0 bridgehead atoms. The minimum absolute atomic E-state index is 0.249. The van der Waals surface area contributed by atoms with Crippen molar-refractivity contribution in [2.24, 2.45) is 10.4 Å². The molecule has 2 N–H and O–H groups in total. The lowest BCUT2D eigenvalue weighted by Gasteiger charge is -2.32. The highest BCUT2D eigenvalue weighted by Crippen LogP contribution is 2.37. The minimum atomic E-state index is -0.360. The largest absolute Gasteiger partial charge is 0.413 e. The van der Waals surface area contributed by atoms with E-state index in [0.29, 0.717) is 12.4 Å². The maximum atomic E-state index is 11.6. The first-order valence-corrected chi connectivity index (χ1v) is 8.17. The number of nitrogens with one attached hydrogen (secondary N) is 2. The third-order valence-corrected chi connectivity index (χ3v) is 4.61. The Morgan fingerprint density at radius 3 is 3.05 bits per heavy atom. The van der Waals surface area contributed by atoms with E-state index >= 15 is 0 Å². The van der Waals surface area contributed by atoms with Gasteiger partial charge in [0, 0.05) is 30.7 Å². The summed E-state index contributed by atoms with van der Waals surface area (Å²) in [5.74, 6) is 2.61. The van der Waals surface area contributed by atoms with Crippen molar-refractivity contribution < 1.29 is 9.53 Å². The van der Waals surface area contributed by atoms with Gasteiger partial charge in [0.2, 0.25) is 0 Å². The highest BCUT2D eigenvalue weighted by molar-refractivity contribution is 7.99. The number of alkyl carbamates (subject to hydrolysis) is 1. The summed E-state index contributed by atoms with van der Waals surface area (Å²) in [4.78, 5) is 16.0. The Morgan fingerprint density at radius 2 is 2.32 bits per heavy atom. The van der Waals surface area contributed by atoms with Gasteiger partial charge >= 0.3 is 6.09 Å². The van der Waals surface area contributed by atoms with E-state index in [2.05, 4.69) is 22.5 Å². The number of hydrogen-bond acceptors (Lipinski definition) is 5. The normalized spacial score (nSPS) is 21.2. The number of rotatable bonds is 4. The summed E-state index contributed by atoms with van der Waals surface area (Å²) in [6.07, 6.45) is 2.70. The van der Waals surface area contributed by atoms with Crippen LogP contribution >= 0.6 is 11.8 Å². The Balaban J connectivity index is 1.68. The molecule has 1 saturated heterocycles. The summed E-state index contributed by atoms with van der Waals surface area (Å²) in [7, 11) is 0. The number of amides is 1. The van der Waals surface area contributed by atoms with Gasteiger partial charge in [0.25, 0.3) is 0 Å². The Labute approximate surface area is 119 Å². The summed E-state index contributed by atoms with van der Waals surface area (Å²) in [5.41, 5.74) is 0.249. The van der Waals surface area contributed by atoms with Crippen LogP contribution in [0.25, 0.3) is 0 Å². The molecule has 0 aromatic heterocycles. The number of thioether (sulfide) groups is 1. The summed E-state index contributed by atoms with van der Waals surface area (Å²) in [5, 5.41) is 6.12. The van der Waals surface area contributed by atoms with Gasteiger partial charge in [-0.05, 0) is 31.7 Å². The topological polar surface area (TPSA) is 62.7 Å². The first-order valence-electron chi connectivity index (χ1n) is 7.02. The van der Waals surface area contributed by atoms with Crippen molar-refractivity contribution in [2.45, 2.75) is 26.2 Å². The van der Waals surface area contributed by atoms with Crippen LogP contribution in [0.3, 0.4) is 0 Å². The maximum absolute atomic E-state index is 11.6. The zero-order valence-corrected chi connectivity index (χ0v) is 12.4. The Morgan fingerprint density at radius 1 is 1.53 bits per heavy atom. The van der Waals surface area contributed by atoms with Crippen molar-refractivity contribution >= 4 is 23.8 Å². The molecule has 0 atom stereocenters. The fourth-order valence-electron chi connectivity index (χ4n) is 2.56. The highest BCUT2D eigenvalue weighted by atomic mass is 32.2. The van der Waals surface area contributed by atoms with Crippen LogP contribution in [0, 0.1) is 5.41 Å². The standard InChI is InChI=1S/C13H23N3O2S/c1-2-19-8-7-15-12(17)18-11-9-13(10-16-11)3-5-14-6-4-13/h14H,2-10H2,1H3,(H,15,17). The third kappa shape index (κ3) is 4.38. The number of hydrogen-bond donors (Lipinski definition) is 2. The number of nitrogens with zero attached hydrogens (tertiary/aromatic N) is 1. The molecule has 1 amide bonds.